The van der Waals surface area contributed by atoms with Crippen LogP contribution in [-0.4, -0.2) is 41.5 Å². The van der Waals surface area contributed by atoms with Crippen molar-refractivity contribution < 1.29 is 35.7 Å². The van der Waals surface area contributed by atoms with Crippen molar-refractivity contribution >= 4 is 0 Å². The fourth-order valence-electron chi connectivity index (χ4n) is 7.52. The Morgan fingerprint density at radius 1 is 1.03 bits per heavy atom. The van der Waals surface area contributed by atoms with Gasteiger partial charge in [0.2, 0.25) is 0 Å². The first-order valence-corrected chi connectivity index (χ1v) is 13.6. The third-order valence-electron chi connectivity index (χ3n) is 9.17. The third-order valence-corrected chi connectivity index (χ3v) is 9.17. The molecule has 1 aliphatic carbocycles. The van der Waals surface area contributed by atoms with Gasteiger partial charge in [0, 0.05) is 27.5 Å². The monoisotopic (exact) mass is 544 g/mol. The minimum atomic E-state index is -2.45. The molecular weight excluding hydrogens is 496 g/mol. The lowest BCUT2D eigenvalue weighted by atomic mass is 9.43. The smallest absolute Gasteiger partial charge is 0.278 e. The van der Waals surface area contributed by atoms with Crippen LogP contribution in [0.5, 0.6) is 5.75 Å². The number of allylic oxidation sites excluding steroid dienone is 5. The average Bonchev–Trinajstić information content (AvgIpc) is 2.83. The number of aliphatic hydroxyl groups excluding tert-OH is 2. The van der Waals surface area contributed by atoms with E-state index in [1.807, 2.05) is 0 Å². The Bertz CT molecular complexity index is 1170. The molecule has 1 aliphatic rings. The summed E-state index contributed by atoms with van der Waals surface area (Å²) in [6.07, 6.45) is 5.01. The maximum absolute atomic E-state index is 12.9. The highest BCUT2D eigenvalue weighted by Gasteiger charge is 2.65. The maximum Gasteiger partial charge on any atom is 0.278 e. The van der Waals surface area contributed by atoms with Crippen molar-refractivity contribution in [1.82, 2.24) is 0 Å². The van der Waals surface area contributed by atoms with Gasteiger partial charge in [-0.1, -0.05) is 51.0 Å². The van der Waals surface area contributed by atoms with Crippen molar-refractivity contribution in [3.8, 4) is 5.75 Å². The van der Waals surface area contributed by atoms with Crippen LogP contribution in [0.2, 0.25) is 0 Å². The van der Waals surface area contributed by atoms with Gasteiger partial charge in [0.25, 0.3) is 5.95 Å². The Balaban J connectivity index is 3.34. The van der Waals surface area contributed by atoms with Crippen molar-refractivity contribution in [3.05, 3.63) is 75.8 Å². The van der Waals surface area contributed by atoms with Crippen molar-refractivity contribution in [3.63, 3.8) is 0 Å². The molecule has 0 radical (unpaired) electrons. The minimum absolute atomic E-state index is 0.0310. The molecule has 0 saturated heterocycles. The summed E-state index contributed by atoms with van der Waals surface area (Å²) >= 11 is 0. The van der Waals surface area contributed by atoms with Crippen LogP contribution < -0.4 is 0 Å². The Kier molecular flexibility index (Phi) is 9.62. The van der Waals surface area contributed by atoms with Gasteiger partial charge in [-0.3, -0.25) is 0 Å². The van der Waals surface area contributed by atoms with Gasteiger partial charge in [0.15, 0.2) is 5.79 Å². The summed E-state index contributed by atoms with van der Waals surface area (Å²) in [5.74, 6) is -3.67. The van der Waals surface area contributed by atoms with Crippen molar-refractivity contribution in [2.24, 2.45) is 10.8 Å². The van der Waals surface area contributed by atoms with Crippen LogP contribution in [-0.2, 0) is 5.60 Å². The van der Waals surface area contributed by atoms with E-state index in [0.29, 0.717) is 48.0 Å². The standard InChI is InChI=1S/C32H48O7/c1-10-19(3)25(28(35)36)29(7,27(20(4)11-2)31(9,38)39)32(17-13-12-14-18-32)30(8,37)26-23(34)16-15-21(5)24(26)22(6)33/h10-11,15-16,22,33-39H,2,12-14,17-18H2,1,3-9H3/b19-10+,27-20+. The zero-order chi connectivity index (χ0) is 30.1. The second kappa shape index (κ2) is 11.5. The lowest BCUT2D eigenvalue weighted by Gasteiger charge is -2.61. The molecule has 0 spiro atoms. The van der Waals surface area contributed by atoms with E-state index in [9.17, 15) is 35.7 Å². The SMILES string of the molecule is C=C/C(C)=C(/C(C)(O)O)C(C)(C(=C(O)O)/C(C)=C/C)C1(C(C)(O)c2c(O)ccc(C)c2C(C)O)CCCCC1. The first kappa shape index (κ1) is 32.6. The zero-order valence-corrected chi connectivity index (χ0v) is 24.8. The van der Waals surface area contributed by atoms with E-state index in [1.165, 1.54) is 19.1 Å². The fraction of sp³-hybridized carbons (Fsp3) is 0.562. The number of aromatic hydroxyl groups is 1. The summed E-state index contributed by atoms with van der Waals surface area (Å²) in [6, 6.07) is 3.15. The van der Waals surface area contributed by atoms with Gasteiger partial charge < -0.3 is 35.7 Å². The molecule has 39 heavy (non-hydrogen) atoms. The van der Waals surface area contributed by atoms with E-state index < -0.39 is 34.3 Å². The van der Waals surface area contributed by atoms with Gasteiger partial charge in [0.05, 0.1) is 11.7 Å². The average molecular weight is 545 g/mol. The Hall–Kier alpha value is -2.58. The normalized spacial score (nSPS) is 20.8. The summed E-state index contributed by atoms with van der Waals surface area (Å²) in [5, 5.41) is 79.3. The molecule has 0 aromatic heterocycles. The maximum atomic E-state index is 12.9. The zero-order valence-electron chi connectivity index (χ0n) is 24.8. The highest BCUT2D eigenvalue weighted by molar-refractivity contribution is 5.54. The predicted octanol–water partition coefficient (Wildman–Crippen LogP) is 6.42. The molecule has 3 atom stereocenters. The first-order chi connectivity index (χ1) is 17.9. The predicted molar refractivity (Wildman–Crippen MR) is 154 cm³/mol. The second-order valence-electron chi connectivity index (χ2n) is 11.7. The molecular formula is C32H48O7. The van der Waals surface area contributed by atoms with E-state index in [2.05, 4.69) is 6.58 Å². The summed E-state index contributed by atoms with van der Waals surface area (Å²) < 4.78 is 0. The Labute approximate surface area is 233 Å². The van der Waals surface area contributed by atoms with Crippen molar-refractivity contribution in [1.29, 1.82) is 0 Å². The number of hydrogen-bond donors (Lipinski definition) is 7. The summed E-state index contributed by atoms with van der Waals surface area (Å²) in [7, 11) is 0. The number of benzene rings is 1. The number of phenolic OH excluding ortho intramolecular Hbond substituents is 1. The van der Waals surface area contributed by atoms with Crippen LogP contribution in [0, 0.1) is 17.8 Å². The molecule has 7 nitrogen and oxygen atoms in total. The Morgan fingerprint density at radius 2 is 1.56 bits per heavy atom. The number of hydrogen-bond acceptors (Lipinski definition) is 7. The van der Waals surface area contributed by atoms with Gasteiger partial charge in [-0.15, -0.1) is 0 Å². The molecule has 0 amide bonds. The summed E-state index contributed by atoms with van der Waals surface area (Å²) in [6.45, 7) is 16.8. The molecule has 2 rings (SSSR count). The molecule has 1 aromatic rings. The summed E-state index contributed by atoms with van der Waals surface area (Å²) in [5.41, 5.74) is -2.72. The topological polar surface area (TPSA) is 142 Å². The van der Waals surface area contributed by atoms with Crippen LogP contribution in [0.1, 0.15) is 103 Å². The van der Waals surface area contributed by atoms with Gasteiger partial charge >= 0.3 is 0 Å². The molecule has 1 aromatic carbocycles. The van der Waals surface area contributed by atoms with E-state index in [0.717, 1.165) is 6.42 Å². The lowest BCUT2D eigenvalue weighted by molar-refractivity contribution is -0.177. The molecule has 0 aliphatic heterocycles. The van der Waals surface area contributed by atoms with Crippen LogP contribution in [0.25, 0.3) is 0 Å². The van der Waals surface area contributed by atoms with E-state index in [4.69, 9.17) is 0 Å². The molecule has 1 fully saturated rings. The van der Waals surface area contributed by atoms with Gasteiger partial charge in [-0.2, -0.15) is 0 Å². The van der Waals surface area contributed by atoms with Crippen LogP contribution >= 0.6 is 0 Å². The van der Waals surface area contributed by atoms with Gasteiger partial charge in [0.1, 0.15) is 5.75 Å². The fourth-order valence-corrected chi connectivity index (χ4v) is 7.52. The van der Waals surface area contributed by atoms with E-state index in [-0.39, 0.29) is 22.5 Å². The molecule has 0 bridgehead atoms. The number of rotatable bonds is 9. The molecule has 1 saturated carbocycles. The largest absolute Gasteiger partial charge is 0.508 e. The van der Waals surface area contributed by atoms with Crippen LogP contribution in [0.3, 0.4) is 0 Å². The van der Waals surface area contributed by atoms with Gasteiger partial charge in [-0.25, -0.2) is 0 Å². The highest BCUT2D eigenvalue weighted by Crippen LogP contribution is 2.68. The van der Waals surface area contributed by atoms with Crippen molar-refractivity contribution in [2.75, 3.05) is 0 Å². The quantitative estimate of drug-likeness (QED) is 0.108. The number of phenols is 1. The van der Waals surface area contributed by atoms with Gasteiger partial charge in [-0.05, 0) is 89.6 Å². The first-order valence-electron chi connectivity index (χ1n) is 13.6. The second-order valence-corrected chi connectivity index (χ2v) is 11.7. The van der Waals surface area contributed by atoms with Crippen LogP contribution in [0.4, 0.5) is 0 Å². The molecule has 7 N–H and O–H groups in total. The number of aryl methyl sites for hydroxylation is 1. The third kappa shape index (κ3) is 5.30. The number of aliphatic hydroxyl groups is 6. The molecule has 218 valence electrons. The van der Waals surface area contributed by atoms with E-state index >= 15 is 0 Å². The van der Waals surface area contributed by atoms with Crippen molar-refractivity contribution in [2.45, 2.75) is 105 Å². The Morgan fingerprint density at radius 3 is 1.97 bits per heavy atom. The lowest BCUT2D eigenvalue weighted by Crippen LogP contribution is -2.59. The molecule has 3 unspecified atom stereocenters. The van der Waals surface area contributed by atoms with Crippen LogP contribution in [0.15, 0.2) is 59.1 Å². The highest BCUT2D eigenvalue weighted by atomic mass is 16.5. The summed E-state index contributed by atoms with van der Waals surface area (Å²) in [4.78, 5) is 0. The van der Waals surface area contributed by atoms with E-state index in [1.54, 1.807) is 60.6 Å². The molecule has 0 heterocycles. The molecule has 7 heteroatoms. The minimum Gasteiger partial charge on any atom is -0.508 e.